The summed E-state index contributed by atoms with van der Waals surface area (Å²) in [6.45, 7) is 1.67. The Kier molecular flexibility index (Phi) is 7.99. The molecule has 1 rings (SSSR count). The maximum Gasteiger partial charge on any atom is 0.269 e. The van der Waals surface area contributed by atoms with Gasteiger partial charge in [-0.25, -0.2) is 4.98 Å². The standard InChI is InChI=1S/C14H18N2O4/c1-19-9-10-20-8-6-15-14(18)13-5-4-12(11-16-13)3-2-7-17/h4-5,11,17H,6-10H2,1H3,(H,15,18). The van der Waals surface area contributed by atoms with E-state index >= 15 is 0 Å². The van der Waals surface area contributed by atoms with Crippen LogP contribution in [0.4, 0.5) is 0 Å². The van der Waals surface area contributed by atoms with Crippen molar-refractivity contribution in [1.29, 1.82) is 0 Å². The average Bonchev–Trinajstić information content (AvgIpc) is 2.49. The molecule has 0 aromatic carbocycles. The molecule has 0 spiro atoms. The fraction of sp³-hybridized carbons (Fsp3) is 0.429. The maximum atomic E-state index is 11.7. The van der Waals surface area contributed by atoms with Crippen molar-refractivity contribution in [2.24, 2.45) is 0 Å². The molecule has 6 heteroatoms. The van der Waals surface area contributed by atoms with Crippen LogP contribution in [0.5, 0.6) is 0 Å². The lowest BCUT2D eigenvalue weighted by Crippen LogP contribution is -2.28. The van der Waals surface area contributed by atoms with Crippen LogP contribution in [0, 0.1) is 11.8 Å². The van der Waals surface area contributed by atoms with Crippen molar-refractivity contribution in [3.63, 3.8) is 0 Å². The molecule has 1 heterocycles. The Bertz CT molecular complexity index is 462. The second-order valence-corrected chi connectivity index (χ2v) is 3.75. The van der Waals surface area contributed by atoms with E-state index in [1.165, 1.54) is 6.20 Å². The molecule has 2 N–H and O–H groups in total. The molecule has 0 radical (unpaired) electrons. The van der Waals surface area contributed by atoms with Crippen LogP contribution in [-0.2, 0) is 9.47 Å². The highest BCUT2D eigenvalue weighted by molar-refractivity contribution is 5.92. The third-order valence-corrected chi connectivity index (χ3v) is 2.27. The highest BCUT2D eigenvalue weighted by atomic mass is 16.5. The van der Waals surface area contributed by atoms with E-state index in [4.69, 9.17) is 14.6 Å². The van der Waals surface area contributed by atoms with Crippen molar-refractivity contribution >= 4 is 5.91 Å². The summed E-state index contributed by atoms with van der Waals surface area (Å²) in [6, 6.07) is 3.27. The number of hydrogen-bond donors (Lipinski definition) is 2. The third kappa shape index (κ3) is 6.29. The van der Waals surface area contributed by atoms with Gasteiger partial charge in [-0.1, -0.05) is 11.8 Å². The van der Waals surface area contributed by atoms with E-state index in [0.717, 1.165) is 0 Å². The molecule has 108 valence electrons. The Morgan fingerprint density at radius 2 is 2.25 bits per heavy atom. The normalized spacial score (nSPS) is 9.70. The van der Waals surface area contributed by atoms with Crippen molar-refractivity contribution in [2.75, 3.05) is 40.1 Å². The predicted octanol–water partition coefficient (Wildman–Crippen LogP) is -0.182. The summed E-state index contributed by atoms with van der Waals surface area (Å²) >= 11 is 0. The van der Waals surface area contributed by atoms with Crippen molar-refractivity contribution in [3.05, 3.63) is 29.6 Å². The largest absolute Gasteiger partial charge is 0.384 e. The number of hydrogen-bond acceptors (Lipinski definition) is 5. The summed E-state index contributed by atoms with van der Waals surface area (Å²) in [7, 11) is 1.60. The number of rotatable bonds is 7. The monoisotopic (exact) mass is 278 g/mol. The number of aromatic nitrogens is 1. The summed E-state index contributed by atoms with van der Waals surface area (Å²) in [5.41, 5.74) is 0.968. The first-order chi connectivity index (χ1) is 9.77. The number of aliphatic hydroxyl groups is 1. The molecule has 0 unspecified atom stereocenters. The second kappa shape index (κ2) is 9.92. The molecule has 0 atom stereocenters. The topological polar surface area (TPSA) is 80.7 Å². The number of ether oxygens (including phenoxy) is 2. The quantitative estimate of drug-likeness (QED) is 0.534. The van der Waals surface area contributed by atoms with Gasteiger partial charge in [0.25, 0.3) is 5.91 Å². The van der Waals surface area contributed by atoms with Gasteiger partial charge in [-0.15, -0.1) is 0 Å². The van der Waals surface area contributed by atoms with Gasteiger partial charge in [0, 0.05) is 25.4 Å². The minimum atomic E-state index is -0.262. The fourth-order valence-corrected chi connectivity index (χ4v) is 1.32. The molecular formula is C14H18N2O4. The minimum Gasteiger partial charge on any atom is -0.384 e. The Balaban J connectivity index is 2.32. The smallest absolute Gasteiger partial charge is 0.269 e. The van der Waals surface area contributed by atoms with Crippen molar-refractivity contribution in [3.8, 4) is 11.8 Å². The highest BCUT2D eigenvalue weighted by Crippen LogP contribution is 1.98. The molecule has 1 aromatic heterocycles. The Morgan fingerprint density at radius 3 is 2.90 bits per heavy atom. The van der Waals surface area contributed by atoms with Gasteiger partial charge in [-0.2, -0.15) is 0 Å². The van der Waals surface area contributed by atoms with Gasteiger partial charge in [-0.3, -0.25) is 4.79 Å². The molecule has 0 bridgehead atoms. The number of nitrogens with zero attached hydrogens (tertiary/aromatic N) is 1. The lowest BCUT2D eigenvalue weighted by molar-refractivity contribution is 0.0692. The molecule has 0 saturated heterocycles. The molecule has 0 aliphatic heterocycles. The van der Waals surface area contributed by atoms with Crippen LogP contribution in [0.1, 0.15) is 16.1 Å². The number of nitrogens with one attached hydrogen (secondary N) is 1. The van der Waals surface area contributed by atoms with Crippen LogP contribution in [0.25, 0.3) is 0 Å². The molecule has 20 heavy (non-hydrogen) atoms. The predicted molar refractivity (Wildman–Crippen MR) is 73.2 cm³/mol. The first-order valence-electron chi connectivity index (χ1n) is 6.18. The number of carbonyl (C=O) groups is 1. The van der Waals surface area contributed by atoms with E-state index in [1.54, 1.807) is 19.2 Å². The van der Waals surface area contributed by atoms with Crippen LogP contribution < -0.4 is 5.32 Å². The van der Waals surface area contributed by atoms with E-state index in [0.29, 0.717) is 37.6 Å². The maximum absolute atomic E-state index is 11.7. The zero-order valence-corrected chi connectivity index (χ0v) is 11.4. The summed E-state index contributed by atoms with van der Waals surface area (Å²) in [5, 5.41) is 11.3. The Labute approximate surface area is 118 Å². The third-order valence-electron chi connectivity index (χ3n) is 2.27. The Hall–Kier alpha value is -1.94. The van der Waals surface area contributed by atoms with Gasteiger partial charge in [-0.05, 0) is 12.1 Å². The molecule has 0 aliphatic rings. The van der Waals surface area contributed by atoms with Gasteiger partial charge >= 0.3 is 0 Å². The van der Waals surface area contributed by atoms with Crippen LogP contribution >= 0.6 is 0 Å². The molecular weight excluding hydrogens is 260 g/mol. The number of carbonyl (C=O) groups excluding carboxylic acids is 1. The fourth-order valence-electron chi connectivity index (χ4n) is 1.32. The van der Waals surface area contributed by atoms with Crippen LogP contribution in [0.3, 0.4) is 0 Å². The first-order valence-corrected chi connectivity index (χ1v) is 6.18. The summed E-state index contributed by atoms with van der Waals surface area (Å²) in [4.78, 5) is 15.7. The first kappa shape index (κ1) is 16.1. The number of pyridine rings is 1. The van der Waals surface area contributed by atoms with E-state index in [1.807, 2.05) is 0 Å². The summed E-state index contributed by atoms with van der Waals surface area (Å²) < 4.78 is 10.1. The van der Waals surface area contributed by atoms with E-state index in [9.17, 15) is 4.79 Å². The SMILES string of the molecule is COCCOCCNC(=O)c1ccc(C#CCO)cn1. The van der Waals surface area contributed by atoms with E-state index in [-0.39, 0.29) is 12.5 Å². The number of amides is 1. The molecule has 0 saturated carbocycles. The van der Waals surface area contributed by atoms with Crippen LogP contribution in [0.2, 0.25) is 0 Å². The zero-order valence-electron chi connectivity index (χ0n) is 11.4. The molecule has 1 amide bonds. The van der Waals surface area contributed by atoms with E-state index < -0.39 is 0 Å². The molecule has 6 nitrogen and oxygen atoms in total. The van der Waals surface area contributed by atoms with E-state index in [2.05, 4.69) is 22.1 Å². The number of aliphatic hydroxyl groups excluding tert-OH is 1. The van der Waals surface area contributed by atoms with Crippen LogP contribution in [-0.4, -0.2) is 56.1 Å². The minimum absolute atomic E-state index is 0.203. The van der Waals surface area contributed by atoms with Gasteiger partial charge in [0.05, 0.1) is 19.8 Å². The van der Waals surface area contributed by atoms with Crippen molar-refractivity contribution in [1.82, 2.24) is 10.3 Å². The molecule has 0 fully saturated rings. The lowest BCUT2D eigenvalue weighted by Gasteiger charge is -2.05. The van der Waals surface area contributed by atoms with Gasteiger partial charge in [0.1, 0.15) is 12.3 Å². The molecule has 0 aliphatic carbocycles. The zero-order chi connectivity index (χ0) is 14.6. The van der Waals surface area contributed by atoms with Crippen molar-refractivity contribution in [2.45, 2.75) is 0 Å². The average molecular weight is 278 g/mol. The second-order valence-electron chi connectivity index (χ2n) is 3.75. The van der Waals surface area contributed by atoms with Crippen LogP contribution in [0.15, 0.2) is 18.3 Å². The number of methoxy groups -OCH3 is 1. The van der Waals surface area contributed by atoms with Gasteiger partial charge in [0.15, 0.2) is 0 Å². The molecule has 1 aromatic rings. The van der Waals surface area contributed by atoms with Crippen molar-refractivity contribution < 1.29 is 19.4 Å². The van der Waals surface area contributed by atoms with Gasteiger partial charge < -0.3 is 19.9 Å². The summed E-state index contributed by atoms with van der Waals surface area (Å²) in [5.74, 6) is 4.95. The van der Waals surface area contributed by atoms with Gasteiger partial charge in [0.2, 0.25) is 0 Å². The summed E-state index contributed by atoms with van der Waals surface area (Å²) in [6.07, 6.45) is 1.49. The lowest BCUT2D eigenvalue weighted by atomic mass is 10.2. The Morgan fingerprint density at radius 1 is 1.40 bits per heavy atom. The highest BCUT2D eigenvalue weighted by Gasteiger charge is 2.05.